The standard InChI is InChI=1S/C15H15F2NO2/c1-19-13-7-6-11(8-14(13)20-2)18-9-10-4-3-5-12(16)15(10)17/h3-8,18H,9H2,1-2H3. The van der Waals surface area contributed by atoms with E-state index in [0.717, 1.165) is 11.8 Å². The van der Waals surface area contributed by atoms with E-state index in [4.69, 9.17) is 9.47 Å². The zero-order valence-electron chi connectivity index (χ0n) is 11.2. The Morgan fingerprint density at radius 3 is 2.45 bits per heavy atom. The van der Waals surface area contributed by atoms with Crippen molar-refractivity contribution in [2.45, 2.75) is 6.54 Å². The SMILES string of the molecule is COc1ccc(NCc2cccc(F)c2F)cc1OC. The summed E-state index contributed by atoms with van der Waals surface area (Å²) < 4.78 is 36.9. The van der Waals surface area contributed by atoms with Crippen molar-refractivity contribution in [2.24, 2.45) is 0 Å². The van der Waals surface area contributed by atoms with Gasteiger partial charge < -0.3 is 14.8 Å². The lowest BCUT2D eigenvalue weighted by molar-refractivity contribution is 0.355. The Hall–Kier alpha value is -2.30. The number of hydrogen-bond acceptors (Lipinski definition) is 3. The van der Waals surface area contributed by atoms with Crippen LogP contribution in [0.5, 0.6) is 11.5 Å². The molecular formula is C15H15F2NO2. The quantitative estimate of drug-likeness (QED) is 0.907. The Labute approximate surface area is 116 Å². The monoisotopic (exact) mass is 279 g/mol. The van der Waals surface area contributed by atoms with Crippen molar-refractivity contribution in [1.82, 2.24) is 0 Å². The Balaban J connectivity index is 2.13. The number of methoxy groups -OCH3 is 2. The lowest BCUT2D eigenvalue weighted by Gasteiger charge is -2.11. The maximum atomic E-state index is 13.5. The summed E-state index contributed by atoms with van der Waals surface area (Å²) in [5, 5.41) is 3.01. The molecule has 2 rings (SSSR count). The molecule has 0 aromatic heterocycles. The predicted molar refractivity (Wildman–Crippen MR) is 73.2 cm³/mol. The van der Waals surface area contributed by atoms with Gasteiger partial charge in [-0.05, 0) is 18.2 Å². The first kappa shape index (κ1) is 14.1. The zero-order chi connectivity index (χ0) is 14.5. The van der Waals surface area contributed by atoms with Crippen LogP contribution in [0.3, 0.4) is 0 Å². The molecule has 0 aliphatic heterocycles. The lowest BCUT2D eigenvalue weighted by Crippen LogP contribution is -2.03. The molecule has 20 heavy (non-hydrogen) atoms. The number of ether oxygens (including phenoxy) is 2. The number of nitrogens with one attached hydrogen (secondary N) is 1. The molecule has 0 radical (unpaired) electrons. The molecule has 0 fully saturated rings. The third-order valence-electron chi connectivity index (χ3n) is 2.90. The first-order chi connectivity index (χ1) is 9.65. The number of benzene rings is 2. The highest BCUT2D eigenvalue weighted by Gasteiger charge is 2.08. The minimum Gasteiger partial charge on any atom is -0.493 e. The molecule has 2 aromatic carbocycles. The van der Waals surface area contributed by atoms with Crippen molar-refractivity contribution in [2.75, 3.05) is 19.5 Å². The molecule has 0 spiro atoms. The molecule has 106 valence electrons. The van der Waals surface area contributed by atoms with Crippen molar-refractivity contribution in [3.05, 3.63) is 53.6 Å². The van der Waals surface area contributed by atoms with E-state index in [0.29, 0.717) is 11.5 Å². The van der Waals surface area contributed by atoms with E-state index in [-0.39, 0.29) is 12.1 Å². The fourth-order valence-corrected chi connectivity index (χ4v) is 1.83. The van der Waals surface area contributed by atoms with Gasteiger partial charge in [0.15, 0.2) is 23.1 Å². The van der Waals surface area contributed by atoms with E-state index < -0.39 is 11.6 Å². The fourth-order valence-electron chi connectivity index (χ4n) is 1.83. The van der Waals surface area contributed by atoms with Gasteiger partial charge in [-0.15, -0.1) is 0 Å². The second kappa shape index (κ2) is 6.23. The first-order valence-electron chi connectivity index (χ1n) is 6.04. The average Bonchev–Trinajstić information content (AvgIpc) is 2.48. The largest absolute Gasteiger partial charge is 0.493 e. The van der Waals surface area contributed by atoms with Gasteiger partial charge in [0, 0.05) is 23.9 Å². The van der Waals surface area contributed by atoms with Crippen LogP contribution in [0.15, 0.2) is 36.4 Å². The molecule has 0 aliphatic carbocycles. The molecule has 0 unspecified atom stereocenters. The van der Waals surface area contributed by atoms with Gasteiger partial charge in [-0.3, -0.25) is 0 Å². The Bertz CT molecular complexity index is 602. The van der Waals surface area contributed by atoms with Crippen molar-refractivity contribution in [1.29, 1.82) is 0 Å². The molecule has 3 nitrogen and oxygen atoms in total. The van der Waals surface area contributed by atoms with Crippen LogP contribution >= 0.6 is 0 Å². The second-order valence-electron chi connectivity index (χ2n) is 4.14. The predicted octanol–water partition coefficient (Wildman–Crippen LogP) is 3.59. The van der Waals surface area contributed by atoms with Gasteiger partial charge in [0.05, 0.1) is 14.2 Å². The van der Waals surface area contributed by atoms with Crippen LogP contribution in [-0.4, -0.2) is 14.2 Å². The summed E-state index contributed by atoms with van der Waals surface area (Å²) in [6.45, 7) is 0.180. The fraction of sp³-hybridized carbons (Fsp3) is 0.200. The molecule has 0 saturated heterocycles. The van der Waals surface area contributed by atoms with E-state index in [1.807, 2.05) is 0 Å². The van der Waals surface area contributed by atoms with E-state index in [1.54, 1.807) is 25.3 Å². The Morgan fingerprint density at radius 2 is 1.75 bits per heavy atom. The van der Waals surface area contributed by atoms with Crippen molar-refractivity contribution < 1.29 is 18.3 Å². The summed E-state index contributed by atoms with van der Waals surface area (Å²) in [4.78, 5) is 0. The first-order valence-corrected chi connectivity index (χ1v) is 6.04. The molecule has 0 atom stereocenters. The van der Waals surface area contributed by atoms with Crippen LogP contribution in [0, 0.1) is 11.6 Å². The van der Waals surface area contributed by atoms with Gasteiger partial charge in [0.1, 0.15) is 0 Å². The van der Waals surface area contributed by atoms with Crippen LogP contribution in [0.25, 0.3) is 0 Å². The van der Waals surface area contributed by atoms with Gasteiger partial charge in [-0.25, -0.2) is 8.78 Å². The van der Waals surface area contributed by atoms with Crippen LogP contribution in [0.4, 0.5) is 14.5 Å². The highest BCUT2D eigenvalue weighted by atomic mass is 19.2. The van der Waals surface area contributed by atoms with E-state index >= 15 is 0 Å². The third-order valence-corrected chi connectivity index (χ3v) is 2.90. The van der Waals surface area contributed by atoms with Gasteiger partial charge in [0.2, 0.25) is 0 Å². The number of rotatable bonds is 5. The smallest absolute Gasteiger partial charge is 0.163 e. The molecule has 1 N–H and O–H groups in total. The van der Waals surface area contributed by atoms with Crippen molar-refractivity contribution >= 4 is 5.69 Å². The van der Waals surface area contributed by atoms with Crippen molar-refractivity contribution in [3.63, 3.8) is 0 Å². The number of hydrogen-bond donors (Lipinski definition) is 1. The third kappa shape index (κ3) is 2.99. The summed E-state index contributed by atoms with van der Waals surface area (Å²) in [6, 6.07) is 9.35. The van der Waals surface area contributed by atoms with Crippen LogP contribution in [0.1, 0.15) is 5.56 Å². The van der Waals surface area contributed by atoms with Gasteiger partial charge in [0.25, 0.3) is 0 Å². The molecule has 5 heteroatoms. The minimum absolute atomic E-state index is 0.180. The maximum Gasteiger partial charge on any atom is 0.163 e. The van der Waals surface area contributed by atoms with E-state index in [2.05, 4.69) is 5.32 Å². The highest BCUT2D eigenvalue weighted by Crippen LogP contribution is 2.30. The van der Waals surface area contributed by atoms with Crippen LogP contribution in [-0.2, 0) is 6.54 Å². The Kier molecular flexibility index (Phi) is 4.40. The summed E-state index contributed by atoms with van der Waals surface area (Å²) in [6.07, 6.45) is 0. The van der Waals surface area contributed by atoms with Crippen LogP contribution in [0.2, 0.25) is 0 Å². The summed E-state index contributed by atoms with van der Waals surface area (Å²) in [7, 11) is 3.08. The van der Waals surface area contributed by atoms with E-state index in [9.17, 15) is 8.78 Å². The summed E-state index contributed by atoms with van der Waals surface area (Å²) >= 11 is 0. The molecule has 0 amide bonds. The van der Waals surface area contributed by atoms with Gasteiger partial charge in [-0.1, -0.05) is 12.1 Å². The van der Waals surface area contributed by atoms with Crippen molar-refractivity contribution in [3.8, 4) is 11.5 Å². The molecule has 2 aromatic rings. The molecule has 0 saturated carbocycles. The topological polar surface area (TPSA) is 30.5 Å². The normalized spacial score (nSPS) is 10.2. The van der Waals surface area contributed by atoms with Gasteiger partial charge >= 0.3 is 0 Å². The van der Waals surface area contributed by atoms with Crippen LogP contribution < -0.4 is 14.8 Å². The lowest BCUT2D eigenvalue weighted by atomic mass is 10.2. The second-order valence-corrected chi connectivity index (χ2v) is 4.14. The minimum atomic E-state index is -0.850. The summed E-state index contributed by atoms with van der Waals surface area (Å²) in [5.41, 5.74) is 0.992. The number of anilines is 1. The Morgan fingerprint density at radius 1 is 1.00 bits per heavy atom. The number of halogens is 2. The maximum absolute atomic E-state index is 13.5. The molecule has 0 heterocycles. The van der Waals surface area contributed by atoms with E-state index in [1.165, 1.54) is 19.2 Å². The molecule has 0 bridgehead atoms. The highest BCUT2D eigenvalue weighted by molar-refractivity contribution is 5.55. The van der Waals surface area contributed by atoms with Gasteiger partial charge in [-0.2, -0.15) is 0 Å². The average molecular weight is 279 g/mol. The zero-order valence-corrected chi connectivity index (χ0v) is 11.2. The molecule has 0 aliphatic rings. The molecular weight excluding hydrogens is 264 g/mol. The summed E-state index contributed by atoms with van der Waals surface area (Å²) in [5.74, 6) is -0.510.